The summed E-state index contributed by atoms with van der Waals surface area (Å²) in [5.41, 5.74) is 0.994. The van der Waals surface area contributed by atoms with Crippen LogP contribution in [0.4, 0.5) is 15.8 Å². The van der Waals surface area contributed by atoms with Crippen LogP contribution in [-0.2, 0) is 0 Å². The van der Waals surface area contributed by atoms with E-state index in [0.29, 0.717) is 27.4 Å². The van der Waals surface area contributed by atoms with Crippen molar-refractivity contribution in [1.82, 2.24) is 20.2 Å². The maximum Gasteiger partial charge on any atom is 0.257 e. The number of nitrogens with one attached hydrogen (secondary N) is 3. The van der Waals surface area contributed by atoms with Crippen LogP contribution in [-0.4, -0.2) is 20.2 Å². The number of anilines is 2. The molecule has 1 aromatic carbocycles. The lowest BCUT2D eigenvalue weighted by Gasteiger charge is -2.11. The van der Waals surface area contributed by atoms with E-state index < -0.39 is 11.4 Å². The Morgan fingerprint density at radius 2 is 2.04 bits per heavy atom. The number of pyridine rings is 2. The first kappa shape index (κ1) is 16.8. The molecule has 132 valence electrons. The number of halogens is 2. The first-order valence-corrected chi connectivity index (χ1v) is 8.12. The van der Waals surface area contributed by atoms with Crippen LogP contribution in [0, 0.1) is 17.1 Å². The van der Waals surface area contributed by atoms with E-state index in [1.807, 2.05) is 6.07 Å². The Balaban J connectivity index is 1.88. The Hall–Kier alpha value is -3.70. The Kier molecular flexibility index (Phi) is 4.06. The van der Waals surface area contributed by atoms with Crippen LogP contribution in [0.5, 0.6) is 0 Å². The first-order chi connectivity index (χ1) is 13.1. The average Bonchev–Trinajstić information content (AvgIpc) is 3.15. The maximum absolute atomic E-state index is 14.2. The Labute approximate surface area is 156 Å². The van der Waals surface area contributed by atoms with E-state index in [1.165, 1.54) is 24.3 Å². The summed E-state index contributed by atoms with van der Waals surface area (Å²) in [6, 6.07) is 8.97. The molecule has 0 saturated carbocycles. The molecule has 4 rings (SSSR count). The highest BCUT2D eigenvalue weighted by Crippen LogP contribution is 2.29. The number of H-pyrrole nitrogens is 2. The van der Waals surface area contributed by atoms with Crippen molar-refractivity contribution in [2.75, 3.05) is 5.32 Å². The number of aromatic nitrogens is 4. The molecule has 0 spiro atoms. The van der Waals surface area contributed by atoms with Gasteiger partial charge in [-0.2, -0.15) is 10.4 Å². The Bertz CT molecular complexity index is 1270. The number of fused-ring (bicyclic) bond motifs is 1. The minimum Gasteiger partial charge on any atom is -0.353 e. The molecule has 3 N–H and O–H groups in total. The van der Waals surface area contributed by atoms with Crippen molar-refractivity contribution in [2.45, 2.75) is 0 Å². The molecular weight excluding hydrogens is 371 g/mol. The number of nitriles is 1. The molecule has 0 amide bonds. The van der Waals surface area contributed by atoms with E-state index in [1.54, 1.807) is 18.5 Å². The number of nitrogens with zero attached hydrogens (tertiary/aromatic N) is 3. The van der Waals surface area contributed by atoms with Crippen molar-refractivity contribution in [3.63, 3.8) is 0 Å². The van der Waals surface area contributed by atoms with E-state index >= 15 is 0 Å². The lowest BCUT2D eigenvalue weighted by Crippen LogP contribution is -2.13. The summed E-state index contributed by atoms with van der Waals surface area (Å²) in [4.78, 5) is 19.0. The second-order valence-electron chi connectivity index (χ2n) is 5.65. The predicted molar refractivity (Wildman–Crippen MR) is 99.4 cm³/mol. The zero-order valence-electron chi connectivity index (χ0n) is 13.5. The van der Waals surface area contributed by atoms with Crippen molar-refractivity contribution < 1.29 is 4.39 Å². The lowest BCUT2D eigenvalue weighted by molar-refractivity contribution is 0.631. The van der Waals surface area contributed by atoms with Crippen LogP contribution in [0.3, 0.4) is 0 Å². The second kappa shape index (κ2) is 6.55. The van der Waals surface area contributed by atoms with Crippen molar-refractivity contribution in [1.29, 1.82) is 5.26 Å². The molecule has 0 aliphatic carbocycles. The van der Waals surface area contributed by atoms with Gasteiger partial charge in [-0.3, -0.25) is 9.89 Å². The number of rotatable bonds is 3. The molecule has 0 unspecified atom stereocenters. The third-order valence-corrected chi connectivity index (χ3v) is 4.23. The predicted octanol–water partition coefficient (Wildman–Crippen LogP) is 3.72. The molecule has 0 aliphatic heterocycles. The van der Waals surface area contributed by atoms with Gasteiger partial charge < -0.3 is 10.3 Å². The fourth-order valence-electron chi connectivity index (χ4n) is 2.73. The summed E-state index contributed by atoms with van der Waals surface area (Å²) >= 11 is 5.94. The summed E-state index contributed by atoms with van der Waals surface area (Å²) in [5, 5.41) is 20.1. The van der Waals surface area contributed by atoms with E-state index in [9.17, 15) is 14.4 Å². The summed E-state index contributed by atoms with van der Waals surface area (Å²) in [5.74, 6) is -0.596. The number of hydrogen-bond donors (Lipinski definition) is 3. The quantitative estimate of drug-likeness (QED) is 0.501. The molecule has 4 aromatic rings. The lowest BCUT2D eigenvalue weighted by atomic mass is 10.1. The maximum atomic E-state index is 14.2. The van der Waals surface area contributed by atoms with Crippen LogP contribution in [0.1, 0.15) is 5.69 Å². The van der Waals surface area contributed by atoms with Gasteiger partial charge in [-0.25, -0.2) is 9.37 Å². The van der Waals surface area contributed by atoms with Crippen molar-refractivity contribution >= 4 is 34.0 Å². The highest BCUT2D eigenvalue weighted by molar-refractivity contribution is 6.30. The highest BCUT2D eigenvalue weighted by atomic mass is 35.5. The monoisotopic (exact) mass is 380 g/mol. The van der Waals surface area contributed by atoms with E-state index in [-0.39, 0.29) is 16.8 Å². The third-order valence-electron chi connectivity index (χ3n) is 4.00. The zero-order chi connectivity index (χ0) is 19.0. The summed E-state index contributed by atoms with van der Waals surface area (Å²) in [7, 11) is 0. The molecule has 0 aliphatic rings. The van der Waals surface area contributed by atoms with Gasteiger partial charge >= 0.3 is 0 Å². The van der Waals surface area contributed by atoms with Gasteiger partial charge in [0.2, 0.25) is 0 Å². The smallest absolute Gasteiger partial charge is 0.257 e. The number of aromatic amines is 2. The standard InChI is InChI=1S/C18H10ClFN6O/c19-9-1-2-13(20)10(5-9)11-6-15(16(7-21)25-18(11)27)24-14-3-4-22-17-12(14)8-23-26-17/h1-6,8H,(H,25,27)(H2,22,23,24,26). The Morgan fingerprint density at radius 3 is 2.85 bits per heavy atom. The molecule has 0 saturated heterocycles. The number of hydrogen-bond acceptors (Lipinski definition) is 5. The van der Waals surface area contributed by atoms with Gasteiger partial charge in [-0.1, -0.05) is 11.6 Å². The molecule has 3 heterocycles. The molecule has 0 fully saturated rings. The van der Waals surface area contributed by atoms with Crippen LogP contribution < -0.4 is 10.9 Å². The molecule has 9 heteroatoms. The molecule has 7 nitrogen and oxygen atoms in total. The van der Waals surface area contributed by atoms with E-state index in [0.717, 1.165) is 0 Å². The van der Waals surface area contributed by atoms with Crippen LogP contribution in [0.2, 0.25) is 5.02 Å². The van der Waals surface area contributed by atoms with Gasteiger partial charge in [0.1, 0.15) is 17.6 Å². The van der Waals surface area contributed by atoms with Crippen LogP contribution >= 0.6 is 11.6 Å². The third kappa shape index (κ3) is 3.01. The largest absolute Gasteiger partial charge is 0.353 e. The topological polar surface area (TPSA) is 110 Å². The average molecular weight is 381 g/mol. The first-order valence-electron chi connectivity index (χ1n) is 7.75. The molecule has 3 aromatic heterocycles. The molecular formula is C18H10ClFN6O. The Morgan fingerprint density at radius 1 is 1.19 bits per heavy atom. The summed E-state index contributed by atoms with van der Waals surface area (Å²) in [6.07, 6.45) is 3.15. The van der Waals surface area contributed by atoms with E-state index in [4.69, 9.17) is 11.6 Å². The SMILES string of the molecule is N#Cc1[nH]c(=O)c(-c2cc(Cl)ccc2F)cc1Nc1ccnc2[nH]ncc12. The van der Waals surface area contributed by atoms with Gasteiger partial charge in [-0.05, 0) is 30.3 Å². The second-order valence-corrected chi connectivity index (χ2v) is 6.09. The van der Waals surface area contributed by atoms with Gasteiger partial charge in [0.05, 0.1) is 28.5 Å². The fraction of sp³-hybridized carbons (Fsp3) is 0. The summed E-state index contributed by atoms with van der Waals surface area (Å²) in [6.45, 7) is 0. The van der Waals surface area contributed by atoms with Gasteiger partial charge in [0, 0.05) is 16.8 Å². The minimum absolute atomic E-state index is 0.0136. The van der Waals surface area contributed by atoms with Gasteiger partial charge in [0.25, 0.3) is 5.56 Å². The number of benzene rings is 1. The summed E-state index contributed by atoms with van der Waals surface area (Å²) < 4.78 is 14.2. The molecule has 27 heavy (non-hydrogen) atoms. The molecule has 0 radical (unpaired) electrons. The normalized spacial score (nSPS) is 10.7. The zero-order valence-corrected chi connectivity index (χ0v) is 14.3. The molecule has 0 bridgehead atoms. The minimum atomic E-state index is -0.596. The van der Waals surface area contributed by atoms with Crippen LogP contribution in [0.25, 0.3) is 22.2 Å². The van der Waals surface area contributed by atoms with Gasteiger partial charge in [-0.15, -0.1) is 0 Å². The fourth-order valence-corrected chi connectivity index (χ4v) is 2.90. The van der Waals surface area contributed by atoms with Crippen molar-refractivity contribution in [2.24, 2.45) is 0 Å². The van der Waals surface area contributed by atoms with Gasteiger partial charge in [0.15, 0.2) is 5.65 Å². The van der Waals surface area contributed by atoms with E-state index in [2.05, 4.69) is 25.5 Å². The van der Waals surface area contributed by atoms with Crippen molar-refractivity contribution in [3.8, 4) is 17.2 Å². The van der Waals surface area contributed by atoms with Crippen molar-refractivity contribution in [3.05, 3.63) is 69.6 Å². The highest BCUT2D eigenvalue weighted by Gasteiger charge is 2.15. The van der Waals surface area contributed by atoms with Crippen LogP contribution in [0.15, 0.2) is 47.5 Å². The molecule has 0 atom stereocenters.